The third-order valence-corrected chi connectivity index (χ3v) is 7.67. The predicted octanol–water partition coefficient (Wildman–Crippen LogP) is 5.01. The van der Waals surface area contributed by atoms with Crippen LogP contribution in [-0.2, 0) is 16.9 Å². The minimum atomic E-state index is -0.843. The van der Waals surface area contributed by atoms with Gasteiger partial charge in [-0.15, -0.1) is 0 Å². The Bertz CT molecular complexity index is 949. The molecule has 4 rings (SSSR count). The van der Waals surface area contributed by atoms with Crippen molar-refractivity contribution in [2.75, 3.05) is 27.4 Å². The number of piperidine rings is 1. The zero-order valence-electron chi connectivity index (χ0n) is 19.5. The van der Waals surface area contributed by atoms with Crippen molar-refractivity contribution in [2.45, 2.75) is 63.8 Å². The standard InChI is InChI=1S/C26H34ClNO4/c1-17-18(2)24(32-12-11-30-3)10-5-19(17)16-28-21-7-8-22(28)15-26(29,14-21)20-6-9-23(27)25(13-20)31-4/h5-6,9-10,13,21-22,29H,7-8,11-12,14-16H2,1-4H3. The summed E-state index contributed by atoms with van der Waals surface area (Å²) in [6.45, 7) is 6.34. The summed E-state index contributed by atoms with van der Waals surface area (Å²) < 4.78 is 16.3. The van der Waals surface area contributed by atoms with Crippen molar-refractivity contribution in [3.8, 4) is 11.5 Å². The van der Waals surface area contributed by atoms with Crippen molar-refractivity contribution in [3.05, 3.63) is 57.6 Å². The highest BCUT2D eigenvalue weighted by atomic mass is 35.5. The Balaban J connectivity index is 1.50. The lowest BCUT2D eigenvalue weighted by atomic mass is 9.80. The fourth-order valence-corrected chi connectivity index (χ4v) is 5.57. The van der Waals surface area contributed by atoms with Crippen molar-refractivity contribution in [3.63, 3.8) is 0 Å². The average Bonchev–Trinajstić information content (AvgIpc) is 3.02. The maximum absolute atomic E-state index is 11.6. The number of nitrogens with zero attached hydrogens (tertiary/aromatic N) is 1. The number of hydrogen-bond donors (Lipinski definition) is 1. The first kappa shape index (κ1) is 23.4. The van der Waals surface area contributed by atoms with Gasteiger partial charge in [0.2, 0.25) is 0 Å². The van der Waals surface area contributed by atoms with Crippen molar-refractivity contribution in [1.29, 1.82) is 0 Å². The van der Waals surface area contributed by atoms with E-state index >= 15 is 0 Å². The minimum Gasteiger partial charge on any atom is -0.495 e. The molecule has 2 aliphatic rings. The molecule has 2 aromatic rings. The summed E-state index contributed by atoms with van der Waals surface area (Å²) in [6.07, 6.45) is 3.69. The molecule has 2 bridgehead atoms. The van der Waals surface area contributed by atoms with E-state index in [-0.39, 0.29) is 0 Å². The maximum atomic E-state index is 11.6. The number of benzene rings is 2. The molecule has 0 saturated carbocycles. The van der Waals surface area contributed by atoms with Crippen LogP contribution in [0.4, 0.5) is 0 Å². The first-order valence-electron chi connectivity index (χ1n) is 11.4. The molecule has 32 heavy (non-hydrogen) atoms. The molecule has 174 valence electrons. The second-order valence-electron chi connectivity index (χ2n) is 9.16. The lowest BCUT2D eigenvalue weighted by Crippen LogP contribution is -2.49. The number of halogens is 1. The van der Waals surface area contributed by atoms with Crippen LogP contribution in [0.2, 0.25) is 5.02 Å². The van der Waals surface area contributed by atoms with Crippen molar-refractivity contribution in [2.24, 2.45) is 0 Å². The number of methoxy groups -OCH3 is 2. The molecular weight excluding hydrogens is 426 g/mol. The van der Waals surface area contributed by atoms with Gasteiger partial charge in [0, 0.05) is 25.7 Å². The molecule has 2 saturated heterocycles. The Labute approximate surface area is 196 Å². The van der Waals surface area contributed by atoms with Crippen LogP contribution in [0.3, 0.4) is 0 Å². The highest BCUT2D eigenvalue weighted by Crippen LogP contribution is 2.47. The summed E-state index contributed by atoms with van der Waals surface area (Å²) in [5.41, 5.74) is 3.86. The molecule has 0 spiro atoms. The normalized spacial score (nSPS) is 25.2. The van der Waals surface area contributed by atoms with Crippen LogP contribution >= 0.6 is 11.6 Å². The van der Waals surface area contributed by atoms with Gasteiger partial charge in [-0.1, -0.05) is 23.7 Å². The fourth-order valence-electron chi connectivity index (χ4n) is 5.37. The monoisotopic (exact) mass is 459 g/mol. The smallest absolute Gasteiger partial charge is 0.137 e. The van der Waals surface area contributed by atoms with Crippen LogP contribution in [0.15, 0.2) is 30.3 Å². The molecule has 2 heterocycles. The number of fused-ring (bicyclic) bond motifs is 2. The summed E-state index contributed by atoms with van der Waals surface area (Å²) in [6, 6.07) is 10.6. The second kappa shape index (κ2) is 9.60. The third-order valence-electron chi connectivity index (χ3n) is 7.35. The van der Waals surface area contributed by atoms with Crippen LogP contribution in [0.1, 0.15) is 47.9 Å². The van der Waals surface area contributed by atoms with E-state index in [4.69, 9.17) is 25.8 Å². The van der Waals surface area contributed by atoms with Gasteiger partial charge in [-0.3, -0.25) is 4.90 Å². The quantitative estimate of drug-likeness (QED) is 0.562. The SMILES string of the molecule is COCCOc1ccc(CN2C3CCC2CC(O)(c2ccc(Cl)c(OC)c2)C3)c(C)c1C. The molecule has 0 aliphatic carbocycles. The summed E-state index contributed by atoms with van der Waals surface area (Å²) >= 11 is 6.21. The molecule has 5 nitrogen and oxygen atoms in total. The molecule has 0 aromatic heterocycles. The molecule has 2 aromatic carbocycles. The molecule has 2 aliphatic heterocycles. The average molecular weight is 460 g/mol. The van der Waals surface area contributed by atoms with Crippen molar-refractivity contribution in [1.82, 2.24) is 4.90 Å². The van der Waals surface area contributed by atoms with Gasteiger partial charge in [0.15, 0.2) is 0 Å². The highest BCUT2D eigenvalue weighted by Gasteiger charge is 2.48. The molecule has 0 radical (unpaired) electrons. The summed E-state index contributed by atoms with van der Waals surface area (Å²) in [5, 5.41) is 12.2. The van der Waals surface area contributed by atoms with Gasteiger partial charge >= 0.3 is 0 Å². The number of hydrogen-bond acceptors (Lipinski definition) is 5. The predicted molar refractivity (Wildman–Crippen MR) is 127 cm³/mol. The van der Waals surface area contributed by atoms with Gasteiger partial charge in [-0.05, 0) is 80.0 Å². The number of rotatable bonds is 8. The molecule has 0 amide bonds. The van der Waals surface area contributed by atoms with Crippen LogP contribution in [0, 0.1) is 13.8 Å². The maximum Gasteiger partial charge on any atom is 0.137 e. The Hall–Kier alpha value is -1.79. The van der Waals surface area contributed by atoms with E-state index in [9.17, 15) is 5.11 Å². The molecule has 2 atom stereocenters. The van der Waals surface area contributed by atoms with Crippen LogP contribution in [-0.4, -0.2) is 49.5 Å². The Morgan fingerprint density at radius 3 is 2.38 bits per heavy atom. The van der Waals surface area contributed by atoms with E-state index in [1.807, 2.05) is 18.2 Å². The second-order valence-corrected chi connectivity index (χ2v) is 9.57. The zero-order chi connectivity index (χ0) is 22.9. The largest absolute Gasteiger partial charge is 0.495 e. The fraction of sp³-hybridized carbons (Fsp3) is 0.538. The van der Waals surface area contributed by atoms with E-state index in [0.29, 0.717) is 36.1 Å². The Kier molecular flexibility index (Phi) is 7.01. The van der Waals surface area contributed by atoms with Gasteiger partial charge in [0.25, 0.3) is 0 Å². The lowest BCUT2D eigenvalue weighted by Gasteiger charge is -2.44. The first-order valence-corrected chi connectivity index (χ1v) is 11.8. The minimum absolute atomic E-state index is 0.359. The highest BCUT2D eigenvalue weighted by molar-refractivity contribution is 6.32. The molecule has 2 unspecified atom stereocenters. The van der Waals surface area contributed by atoms with Gasteiger partial charge in [-0.25, -0.2) is 0 Å². The van der Waals surface area contributed by atoms with Gasteiger partial charge in [-0.2, -0.15) is 0 Å². The van der Waals surface area contributed by atoms with E-state index in [1.54, 1.807) is 14.2 Å². The van der Waals surface area contributed by atoms with E-state index in [0.717, 1.165) is 43.5 Å². The number of ether oxygens (including phenoxy) is 3. The van der Waals surface area contributed by atoms with E-state index in [1.165, 1.54) is 16.7 Å². The van der Waals surface area contributed by atoms with Gasteiger partial charge in [0.05, 0.1) is 24.3 Å². The molecule has 6 heteroatoms. The van der Waals surface area contributed by atoms with Gasteiger partial charge < -0.3 is 19.3 Å². The van der Waals surface area contributed by atoms with Crippen LogP contribution in [0.25, 0.3) is 0 Å². The van der Waals surface area contributed by atoms with E-state index in [2.05, 4.69) is 30.9 Å². The van der Waals surface area contributed by atoms with Crippen LogP contribution in [0.5, 0.6) is 11.5 Å². The topological polar surface area (TPSA) is 51.2 Å². The summed E-state index contributed by atoms with van der Waals surface area (Å²) in [7, 11) is 3.29. The third kappa shape index (κ3) is 4.49. The van der Waals surface area contributed by atoms with Crippen LogP contribution < -0.4 is 9.47 Å². The Morgan fingerprint density at radius 1 is 1.00 bits per heavy atom. The van der Waals surface area contributed by atoms with E-state index < -0.39 is 5.60 Å². The molecule has 1 N–H and O–H groups in total. The zero-order valence-corrected chi connectivity index (χ0v) is 20.2. The molecular formula is C26H34ClNO4. The first-order chi connectivity index (χ1) is 15.4. The summed E-state index contributed by atoms with van der Waals surface area (Å²) in [5.74, 6) is 1.54. The number of aliphatic hydroxyl groups is 1. The Morgan fingerprint density at radius 2 is 1.72 bits per heavy atom. The van der Waals surface area contributed by atoms with Gasteiger partial charge in [0.1, 0.15) is 18.1 Å². The lowest BCUT2D eigenvalue weighted by molar-refractivity contribution is -0.0596. The molecule has 2 fully saturated rings. The van der Waals surface area contributed by atoms with Crippen molar-refractivity contribution < 1.29 is 19.3 Å². The summed E-state index contributed by atoms with van der Waals surface area (Å²) in [4.78, 5) is 2.59. The van der Waals surface area contributed by atoms with Crippen molar-refractivity contribution >= 4 is 11.6 Å².